The van der Waals surface area contributed by atoms with E-state index >= 15 is 0 Å². The standard InChI is InChI=1S/C37H34F3N3O5/c38-37(39,40)36(46)17-15-35(16-18-36)23-42(24-35)33(44)27-11-12-29-28(19-27)20-43(34(29)45)30-13-14-31(47-21-25-7-3-1-4-8-25)41-32(30)48-22-26-9-5-2-6-10-26/h1-14,19,46H,15-18,20-24H2. The van der Waals surface area contributed by atoms with E-state index in [1.807, 2.05) is 60.7 Å². The second-order valence-corrected chi connectivity index (χ2v) is 13.0. The molecule has 1 saturated carbocycles. The summed E-state index contributed by atoms with van der Waals surface area (Å²) in [6.45, 7) is 1.42. The number of fused-ring (bicyclic) bond motifs is 1. The van der Waals surface area contributed by atoms with Gasteiger partial charge in [0, 0.05) is 35.7 Å². The van der Waals surface area contributed by atoms with Crippen molar-refractivity contribution in [3.05, 3.63) is 119 Å². The van der Waals surface area contributed by atoms with Crippen LogP contribution >= 0.6 is 0 Å². The first-order valence-corrected chi connectivity index (χ1v) is 15.9. The van der Waals surface area contributed by atoms with Crippen molar-refractivity contribution in [2.45, 2.75) is 57.2 Å². The predicted octanol–water partition coefficient (Wildman–Crippen LogP) is 6.71. The smallest absolute Gasteiger partial charge is 0.417 e. The maximum atomic E-state index is 13.6. The summed E-state index contributed by atoms with van der Waals surface area (Å²) < 4.78 is 51.9. The van der Waals surface area contributed by atoms with E-state index in [1.165, 1.54) is 0 Å². The zero-order valence-electron chi connectivity index (χ0n) is 26.1. The SMILES string of the molecule is O=C(c1ccc2c(c1)CN(c1ccc(OCc3ccccc3)nc1OCc1ccccc1)C2=O)N1CC2(CCC(O)(C(F)(F)F)CC2)C1. The van der Waals surface area contributed by atoms with Crippen LogP contribution in [0.5, 0.6) is 11.8 Å². The monoisotopic (exact) mass is 657 g/mol. The number of hydrogen-bond donors (Lipinski definition) is 1. The molecular weight excluding hydrogens is 623 g/mol. The molecule has 48 heavy (non-hydrogen) atoms. The van der Waals surface area contributed by atoms with E-state index in [-0.39, 0.29) is 56.5 Å². The number of nitrogens with zero attached hydrogens (tertiary/aromatic N) is 3. The van der Waals surface area contributed by atoms with Crippen molar-refractivity contribution < 1.29 is 37.3 Å². The van der Waals surface area contributed by atoms with Gasteiger partial charge < -0.3 is 19.5 Å². The third-order valence-corrected chi connectivity index (χ3v) is 9.71. The Bertz CT molecular complexity index is 1820. The highest BCUT2D eigenvalue weighted by molar-refractivity contribution is 6.11. The minimum Gasteiger partial charge on any atom is -0.473 e. The molecule has 2 amide bonds. The highest BCUT2D eigenvalue weighted by Crippen LogP contribution is 2.51. The van der Waals surface area contributed by atoms with Crippen LogP contribution in [0.4, 0.5) is 18.9 Å². The number of carbonyl (C=O) groups excluding carboxylic acids is 2. The molecule has 1 saturated heterocycles. The summed E-state index contributed by atoms with van der Waals surface area (Å²) in [5.41, 5.74) is 0.853. The second-order valence-electron chi connectivity index (χ2n) is 13.0. The Morgan fingerprint density at radius 3 is 2.08 bits per heavy atom. The molecule has 3 aromatic carbocycles. The van der Waals surface area contributed by atoms with Crippen molar-refractivity contribution in [3.63, 3.8) is 0 Å². The Morgan fingerprint density at radius 1 is 0.833 bits per heavy atom. The van der Waals surface area contributed by atoms with E-state index in [1.54, 1.807) is 40.1 Å². The van der Waals surface area contributed by atoms with Crippen molar-refractivity contribution in [2.24, 2.45) is 5.41 Å². The van der Waals surface area contributed by atoms with Gasteiger partial charge in [0.2, 0.25) is 11.8 Å². The van der Waals surface area contributed by atoms with Crippen molar-refractivity contribution in [2.75, 3.05) is 18.0 Å². The molecule has 1 N–H and O–H groups in total. The van der Waals surface area contributed by atoms with Crippen LogP contribution < -0.4 is 14.4 Å². The topological polar surface area (TPSA) is 92.2 Å². The van der Waals surface area contributed by atoms with Crippen LogP contribution in [0.15, 0.2) is 91.0 Å². The number of benzene rings is 3. The van der Waals surface area contributed by atoms with Gasteiger partial charge in [-0.15, -0.1) is 0 Å². The van der Waals surface area contributed by atoms with Crippen LogP contribution in [0.3, 0.4) is 0 Å². The number of aliphatic hydroxyl groups is 1. The molecule has 1 aromatic heterocycles. The summed E-state index contributed by atoms with van der Waals surface area (Å²) in [5, 5.41) is 10.1. The predicted molar refractivity (Wildman–Crippen MR) is 171 cm³/mol. The summed E-state index contributed by atoms with van der Waals surface area (Å²) in [5.74, 6) is 0.0868. The number of pyridine rings is 1. The zero-order chi connectivity index (χ0) is 33.5. The van der Waals surface area contributed by atoms with Gasteiger partial charge in [0.25, 0.3) is 11.8 Å². The number of anilines is 1. The highest BCUT2D eigenvalue weighted by atomic mass is 19.4. The second kappa shape index (κ2) is 12.3. The maximum Gasteiger partial charge on any atom is 0.417 e. The highest BCUT2D eigenvalue weighted by Gasteiger charge is 2.59. The van der Waals surface area contributed by atoms with Gasteiger partial charge in [0.15, 0.2) is 5.60 Å². The molecule has 0 bridgehead atoms. The zero-order valence-corrected chi connectivity index (χ0v) is 26.1. The van der Waals surface area contributed by atoms with E-state index in [0.717, 1.165) is 11.1 Å². The minimum absolute atomic E-state index is 0.197. The molecule has 2 fully saturated rings. The van der Waals surface area contributed by atoms with Crippen LogP contribution in [-0.2, 0) is 19.8 Å². The number of alkyl halides is 3. The molecule has 3 heterocycles. The summed E-state index contributed by atoms with van der Waals surface area (Å²) in [6.07, 6.45) is -4.96. The van der Waals surface area contributed by atoms with Gasteiger partial charge in [0.05, 0.1) is 6.54 Å². The van der Waals surface area contributed by atoms with Crippen molar-refractivity contribution in [3.8, 4) is 11.8 Å². The summed E-state index contributed by atoms with van der Waals surface area (Å²) >= 11 is 0. The lowest BCUT2D eigenvalue weighted by Gasteiger charge is -2.55. The lowest BCUT2D eigenvalue weighted by Crippen LogP contribution is -2.62. The molecule has 248 valence electrons. The molecule has 1 spiro atoms. The number of aromatic nitrogens is 1. The molecule has 0 radical (unpaired) electrons. The Kier molecular flexibility index (Phi) is 8.11. The molecule has 11 heteroatoms. The maximum absolute atomic E-state index is 13.6. The van der Waals surface area contributed by atoms with Crippen LogP contribution in [0.1, 0.15) is 63.1 Å². The Hall–Kier alpha value is -4.90. The normalized spacial score (nSPS) is 18.0. The third kappa shape index (κ3) is 6.10. The van der Waals surface area contributed by atoms with Gasteiger partial charge in [-0.1, -0.05) is 60.7 Å². The van der Waals surface area contributed by atoms with Crippen LogP contribution in [0, 0.1) is 5.41 Å². The summed E-state index contributed by atoms with van der Waals surface area (Å²) in [4.78, 5) is 34.9. The average molecular weight is 658 g/mol. The van der Waals surface area contributed by atoms with E-state index in [2.05, 4.69) is 4.98 Å². The third-order valence-electron chi connectivity index (χ3n) is 9.71. The van der Waals surface area contributed by atoms with Crippen molar-refractivity contribution in [1.29, 1.82) is 0 Å². The molecule has 8 nitrogen and oxygen atoms in total. The summed E-state index contributed by atoms with van der Waals surface area (Å²) in [6, 6.07) is 27.7. The first-order valence-electron chi connectivity index (χ1n) is 15.9. The Balaban J connectivity index is 1.05. The largest absolute Gasteiger partial charge is 0.473 e. The van der Waals surface area contributed by atoms with E-state index in [9.17, 15) is 27.9 Å². The van der Waals surface area contributed by atoms with Crippen molar-refractivity contribution in [1.82, 2.24) is 9.88 Å². The molecule has 3 aliphatic rings. The molecular formula is C37H34F3N3O5. The van der Waals surface area contributed by atoms with Crippen LogP contribution in [-0.4, -0.2) is 51.7 Å². The van der Waals surface area contributed by atoms with E-state index in [4.69, 9.17) is 9.47 Å². The number of ether oxygens (including phenoxy) is 2. The van der Waals surface area contributed by atoms with Crippen LogP contribution in [0.2, 0.25) is 0 Å². The molecule has 1 aliphatic carbocycles. The van der Waals surface area contributed by atoms with Gasteiger partial charge >= 0.3 is 6.18 Å². The molecule has 0 atom stereocenters. The Morgan fingerprint density at radius 2 is 1.46 bits per heavy atom. The first kappa shape index (κ1) is 31.7. The van der Waals surface area contributed by atoms with E-state index in [0.29, 0.717) is 48.0 Å². The fourth-order valence-electron chi connectivity index (χ4n) is 6.80. The van der Waals surface area contributed by atoms with Gasteiger partial charge in [0.1, 0.15) is 18.9 Å². The number of hydrogen-bond acceptors (Lipinski definition) is 6. The first-order chi connectivity index (χ1) is 23.0. The average Bonchev–Trinajstić information content (AvgIpc) is 3.41. The lowest BCUT2D eigenvalue weighted by molar-refractivity contribution is -0.278. The van der Waals surface area contributed by atoms with E-state index < -0.39 is 17.2 Å². The van der Waals surface area contributed by atoms with Gasteiger partial charge in [-0.2, -0.15) is 18.2 Å². The fourth-order valence-corrected chi connectivity index (χ4v) is 6.80. The Labute approximate surface area is 275 Å². The molecule has 2 aliphatic heterocycles. The molecule has 0 unspecified atom stereocenters. The number of amides is 2. The molecule has 4 aromatic rings. The number of halogens is 3. The van der Waals surface area contributed by atoms with Gasteiger partial charge in [-0.05, 0) is 66.6 Å². The molecule has 7 rings (SSSR count). The lowest BCUT2D eigenvalue weighted by atomic mass is 9.64. The number of likely N-dealkylation sites (tertiary alicyclic amines) is 1. The van der Waals surface area contributed by atoms with Gasteiger partial charge in [-0.3, -0.25) is 14.5 Å². The number of rotatable bonds is 8. The number of carbonyl (C=O) groups is 2. The summed E-state index contributed by atoms with van der Waals surface area (Å²) in [7, 11) is 0. The minimum atomic E-state index is -4.66. The quantitative estimate of drug-likeness (QED) is 0.227. The van der Waals surface area contributed by atoms with Gasteiger partial charge in [-0.25, -0.2) is 0 Å². The fraction of sp³-hybridized carbons (Fsp3) is 0.324. The van der Waals surface area contributed by atoms with Crippen molar-refractivity contribution >= 4 is 17.5 Å². The van der Waals surface area contributed by atoms with Crippen LogP contribution in [0.25, 0.3) is 0 Å².